The molecule has 1 aromatic heterocycles. The van der Waals surface area contributed by atoms with Gasteiger partial charge in [0.2, 0.25) is 0 Å². The molecule has 1 saturated heterocycles. The monoisotopic (exact) mass is 269 g/mol. The van der Waals surface area contributed by atoms with Crippen molar-refractivity contribution in [3.63, 3.8) is 0 Å². The predicted octanol–water partition coefficient (Wildman–Crippen LogP) is 0.961. The van der Waals surface area contributed by atoms with E-state index in [-0.39, 0.29) is 18.1 Å². The van der Waals surface area contributed by atoms with E-state index in [2.05, 4.69) is 24.2 Å². The summed E-state index contributed by atoms with van der Waals surface area (Å²) in [5.41, 5.74) is 2.15. The van der Waals surface area contributed by atoms with Crippen LogP contribution in [0, 0.1) is 0 Å². The van der Waals surface area contributed by atoms with Gasteiger partial charge in [0.25, 0.3) is 5.91 Å². The smallest absolute Gasteiger partial charge is 0.275 e. The molecule has 100 valence electrons. The zero-order valence-corrected chi connectivity index (χ0v) is 11.5. The summed E-state index contributed by atoms with van der Waals surface area (Å²) in [6.07, 6.45) is 0.529. The molecular formula is C12H19N3O2S. The molecule has 5 nitrogen and oxygen atoms in total. The van der Waals surface area contributed by atoms with E-state index in [0.717, 1.165) is 19.6 Å². The summed E-state index contributed by atoms with van der Waals surface area (Å²) in [7, 11) is 0. The van der Waals surface area contributed by atoms with Crippen molar-refractivity contribution < 1.29 is 9.53 Å². The van der Waals surface area contributed by atoms with Crippen LogP contribution in [0.3, 0.4) is 0 Å². The first-order valence-corrected chi connectivity index (χ1v) is 6.87. The summed E-state index contributed by atoms with van der Waals surface area (Å²) in [4.78, 5) is 15.6. The third kappa shape index (κ3) is 3.29. The minimum atomic E-state index is -0.227. The van der Waals surface area contributed by atoms with E-state index >= 15 is 0 Å². The second-order valence-corrected chi connectivity index (χ2v) is 5.86. The van der Waals surface area contributed by atoms with Crippen LogP contribution in [-0.2, 0) is 11.3 Å². The van der Waals surface area contributed by atoms with Gasteiger partial charge in [-0.2, -0.15) is 0 Å². The first kappa shape index (κ1) is 13.5. The summed E-state index contributed by atoms with van der Waals surface area (Å²) in [6.45, 7) is 6.90. The van der Waals surface area contributed by atoms with Crippen molar-refractivity contribution in [3.8, 4) is 0 Å². The second-order valence-electron chi connectivity index (χ2n) is 4.69. The molecule has 0 radical (unpaired) electrons. The summed E-state index contributed by atoms with van der Waals surface area (Å²) < 4.78 is 5.70. The molecule has 2 rings (SSSR count). The molecule has 0 bridgehead atoms. The number of thiophene rings is 1. The van der Waals surface area contributed by atoms with Crippen LogP contribution in [0.25, 0.3) is 0 Å². The molecule has 0 spiro atoms. The topological polar surface area (TPSA) is 67.6 Å². The van der Waals surface area contributed by atoms with E-state index in [1.165, 1.54) is 16.2 Å². The number of amides is 1. The molecule has 1 fully saturated rings. The molecule has 18 heavy (non-hydrogen) atoms. The molecule has 0 unspecified atom stereocenters. The van der Waals surface area contributed by atoms with Gasteiger partial charge >= 0.3 is 0 Å². The Morgan fingerprint density at radius 2 is 2.17 bits per heavy atom. The van der Waals surface area contributed by atoms with Crippen LogP contribution < -0.4 is 11.3 Å². The molecule has 1 amide bonds. The van der Waals surface area contributed by atoms with E-state index in [1.807, 2.05) is 12.1 Å². The lowest BCUT2D eigenvalue weighted by molar-refractivity contribution is -0.0702. The lowest BCUT2D eigenvalue weighted by Gasteiger charge is -2.34. The molecule has 0 saturated carbocycles. The number of nitrogens with one attached hydrogen (secondary N) is 1. The number of carbonyl (C=O) groups is 1. The van der Waals surface area contributed by atoms with Crippen LogP contribution in [0.2, 0.25) is 0 Å². The second kappa shape index (κ2) is 5.79. The predicted molar refractivity (Wildman–Crippen MR) is 71.3 cm³/mol. The molecular weight excluding hydrogens is 250 g/mol. The van der Waals surface area contributed by atoms with Crippen LogP contribution in [-0.4, -0.2) is 36.1 Å². The molecule has 2 heterocycles. The average molecular weight is 269 g/mol. The lowest BCUT2D eigenvalue weighted by Crippen LogP contribution is -2.44. The van der Waals surface area contributed by atoms with Crippen LogP contribution in [0.5, 0.6) is 0 Å². The largest absolute Gasteiger partial charge is 0.373 e. The van der Waals surface area contributed by atoms with Gasteiger partial charge in [0.15, 0.2) is 0 Å². The van der Waals surface area contributed by atoms with Crippen molar-refractivity contribution in [2.45, 2.75) is 32.6 Å². The number of carbonyl (C=O) groups excluding carboxylic acids is 1. The van der Waals surface area contributed by atoms with Gasteiger partial charge in [0.1, 0.15) is 0 Å². The van der Waals surface area contributed by atoms with Crippen molar-refractivity contribution in [1.29, 1.82) is 0 Å². The van der Waals surface area contributed by atoms with Gasteiger partial charge in [-0.15, -0.1) is 11.3 Å². The summed E-state index contributed by atoms with van der Waals surface area (Å²) in [5.74, 6) is 4.89. The number of rotatable bonds is 3. The van der Waals surface area contributed by atoms with Gasteiger partial charge in [0, 0.05) is 24.5 Å². The zero-order chi connectivity index (χ0) is 13.1. The zero-order valence-electron chi connectivity index (χ0n) is 10.7. The SMILES string of the molecule is C[C@@H]1CN(Cc2ccc(C(=O)NN)s2)C[C@H](C)O1. The van der Waals surface area contributed by atoms with Gasteiger partial charge in [-0.05, 0) is 26.0 Å². The molecule has 1 aromatic rings. The minimum Gasteiger partial charge on any atom is -0.373 e. The Morgan fingerprint density at radius 3 is 2.78 bits per heavy atom. The van der Waals surface area contributed by atoms with E-state index in [9.17, 15) is 4.79 Å². The maximum absolute atomic E-state index is 11.4. The fourth-order valence-corrected chi connectivity index (χ4v) is 3.24. The highest BCUT2D eigenvalue weighted by atomic mass is 32.1. The van der Waals surface area contributed by atoms with Crippen molar-refractivity contribution >= 4 is 17.2 Å². The molecule has 1 aliphatic heterocycles. The maximum Gasteiger partial charge on any atom is 0.275 e. The van der Waals surface area contributed by atoms with Crippen LogP contribution in [0.1, 0.15) is 28.4 Å². The van der Waals surface area contributed by atoms with E-state index in [0.29, 0.717) is 4.88 Å². The van der Waals surface area contributed by atoms with Crippen LogP contribution >= 0.6 is 11.3 Å². The number of hydrogen-bond acceptors (Lipinski definition) is 5. The van der Waals surface area contributed by atoms with Crippen molar-refractivity contribution in [3.05, 3.63) is 21.9 Å². The number of nitrogen functional groups attached to an aromatic ring is 1. The highest BCUT2D eigenvalue weighted by Crippen LogP contribution is 2.20. The number of ether oxygens (including phenoxy) is 1. The van der Waals surface area contributed by atoms with E-state index in [1.54, 1.807) is 0 Å². The van der Waals surface area contributed by atoms with Crippen LogP contribution in [0.15, 0.2) is 12.1 Å². The normalized spacial score (nSPS) is 25.1. The number of nitrogens with zero attached hydrogens (tertiary/aromatic N) is 1. The summed E-state index contributed by atoms with van der Waals surface area (Å²) in [6, 6.07) is 3.80. The van der Waals surface area contributed by atoms with Crippen molar-refractivity contribution in [1.82, 2.24) is 10.3 Å². The molecule has 2 atom stereocenters. The van der Waals surface area contributed by atoms with Gasteiger partial charge < -0.3 is 4.74 Å². The Hall–Kier alpha value is -0.950. The van der Waals surface area contributed by atoms with Gasteiger partial charge in [-0.25, -0.2) is 5.84 Å². The van der Waals surface area contributed by atoms with Crippen molar-refractivity contribution in [2.75, 3.05) is 13.1 Å². The first-order valence-electron chi connectivity index (χ1n) is 6.06. The number of hydrogen-bond donors (Lipinski definition) is 2. The Kier molecular flexibility index (Phi) is 4.34. The van der Waals surface area contributed by atoms with Crippen LogP contribution in [0.4, 0.5) is 0 Å². The molecule has 6 heteroatoms. The number of morpholine rings is 1. The highest BCUT2D eigenvalue weighted by Gasteiger charge is 2.22. The summed E-state index contributed by atoms with van der Waals surface area (Å²) in [5, 5.41) is 0. The fraction of sp³-hybridized carbons (Fsp3) is 0.583. The van der Waals surface area contributed by atoms with Gasteiger partial charge in [-0.3, -0.25) is 15.1 Å². The molecule has 3 N–H and O–H groups in total. The third-order valence-corrected chi connectivity index (χ3v) is 3.96. The molecule has 1 aliphatic rings. The fourth-order valence-electron chi connectivity index (χ4n) is 2.29. The van der Waals surface area contributed by atoms with Crippen molar-refractivity contribution in [2.24, 2.45) is 5.84 Å². The van der Waals surface area contributed by atoms with Gasteiger partial charge in [0.05, 0.1) is 17.1 Å². The Labute approximate surface area is 111 Å². The number of nitrogens with two attached hydrogens (primary N) is 1. The minimum absolute atomic E-state index is 0.227. The summed E-state index contributed by atoms with van der Waals surface area (Å²) >= 11 is 1.49. The number of hydrazine groups is 1. The average Bonchev–Trinajstić information content (AvgIpc) is 2.75. The standard InChI is InChI=1S/C12H19N3O2S/c1-8-5-15(6-9(2)17-8)7-10-3-4-11(18-10)12(16)14-13/h3-4,8-9H,5-7,13H2,1-2H3,(H,14,16)/t8-,9+. The Bertz CT molecular complexity index is 411. The molecule has 0 aliphatic carbocycles. The van der Waals surface area contributed by atoms with E-state index < -0.39 is 0 Å². The lowest BCUT2D eigenvalue weighted by atomic mass is 10.2. The Balaban J connectivity index is 1.96. The Morgan fingerprint density at radius 1 is 1.50 bits per heavy atom. The van der Waals surface area contributed by atoms with Gasteiger partial charge in [-0.1, -0.05) is 0 Å². The first-order chi connectivity index (χ1) is 8.58. The molecule has 0 aromatic carbocycles. The highest BCUT2D eigenvalue weighted by molar-refractivity contribution is 7.14. The maximum atomic E-state index is 11.4. The quantitative estimate of drug-likeness (QED) is 0.487. The van der Waals surface area contributed by atoms with E-state index in [4.69, 9.17) is 10.6 Å². The third-order valence-electron chi connectivity index (χ3n) is 2.89.